The summed E-state index contributed by atoms with van der Waals surface area (Å²) in [5.41, 5.74) is 1.17. The van der Waals surface area contributed by atoms with E-state index in [0.29, 0.717) is 6.54 Å². The maximum atomic E-state index is 11.8. The smallest absolute Gasteiger partial charge is 0.335 e. The molecule has 0 amide bonds. The second kappa shape index (κ2) is 4.65. The summed E-state index contributed by atoms with van der Waals surface area (Å²) >= 11 is 0. The molecule has 0 aliphatic rings. The van der Waals surface area contributed by atoms with Crippen molar-refractivity contribution in [2.45, 2.75) is 6.54 Å². The van der Waals surface area contributed by atoms with E-state index in [2.05, 4.69) is 4.98 Å². The Balaban J connectivity index is 1.94. The molecule has 1 N–H and O–H groups in total. The molecule has 0 saturated heterocycles. The Morgan fingerprint density at radius 3 is 2.80 bits per heavy atom. The molecule has 0 saturated carbocycles. The second-order valence-corrected chi connectivity index (χ2v) is 4.39. The molecule has 0 bridgehead atoms. The van der Waals surface area contributed by atoms with Crippen molar-refractivity contribution in [1.29, 1.82) is 0 Å². The summed E-state index contributed by atoms with van der Waals surface area (Å²) in [7, 11) is 0. The van der Waals surface area contributed by atoms with E-state index in [1.54, 1.807) is 0 Å². The summed E-state index contributed by atoms with van der Waals surface area (Å²) < 4.78 is 3.29. The molecule has 0 radical (unpaired) electrons. The van der Waals surface area contributed by atoms with Gasteiger partial charge in [-0.15, -0.1) is 0 Å². The lowest BCUT2D eigenvalue weighted by molar-refractivity contribution is 0.0696. The number of fused-ring (bicyclic) bond motifs is 1. The lowest BCUT2D eigenvalue weighted by Gasteiger charge is -2.03. The predicted octanol–water partition coefficient (Wildman–Crippen LogP) is 1.24. The first kappa shape index (κ1) is 12.2. The molecule has 0 spiro atoms. The quantitative estimate of drug-likeness (QED) is 0.776. The molecule has 3 aromatic heterocycles. The fraction of sp³-hybridized carbons (Fsp3) is 0.0714. The first-order chi connectivity index (χ1) is 9.63. The van der Waals surface area contributed by atoms with Crippen molar-refractivity contribution in [2.75, 3.05) is 0 Å². The fourth-order valence-corrected chi connectivity index (χ4v) is 2.01. The SMILES string of the molecule is O=C(O)c1ccn(Cc2cn3ccccc3n2)c(=O)c1. The van der Waals surface area contributed by atoms with Crippen molar-refractivity contribution in [3.63, 3.8) is 0 Å². The maximum absolute atomic E-state index is 11.8. The van der Waals surface area contributed by atoms with Gasteiger partial charge in [0.15, 0.2) is 0 Å². The van der Waals surface area contributed by atoms with Gasteiger partial charge in [-0.2, -0.15) is 0 Å². The second-order valence-electron chi connectivity index (χ2n) is 4.39. The van der Waals surface area contributed by atoms with Crippen molar-refractivity contribution in [3.8, 4) is 0 Å². The van der Waals surface area contributed by atoms with Crippen LogP contribution in [0.4, 0.5) is 0 Å². The Morgan fingerprint density at radius 1 is 1.25 bits per heavy atom. The molecular weight excluding hydrogens is 258 g/mol. The summed E-state index contributed by atoms with van der Waals surface area (Å²) in [5.74, 6) is -1.11. The molecule has 0 unspecified atom stereocenters. The predicted molar refractivity (Wildman–Crippen MR) is 72.0 cm³/mol. The van der Waals surface area contributed by atoms with Crippen LogP contribution in [0.25, 0.3) is 5.65 Å². The van der Waals surface area contributed by atoms with Gasteiger partial charge in [0.05, 0.1) is 17.8 Å². The van der Waals surface area contributed by atoms with Gasteiger partial charge in [0.1, 0.15) is 5.65 Å². The Morgan fingerprint density at radius 2 is 2.10 bits per heavy atom. The average Bonchev–Trinajstić information content (AvgIpc) is 2.83. The van der Waals surface area contributed by atoms with Gasteiger partial charge >= 0.3 is 5.97 Å². The van der Waals surface area contributed by atoms with Crippen molar-refractivity contribution < 1.29 is 9.90 Å². The first-order valence-electron chi connectivity index (χ1n) is 6.00. The third kappa shape index (κ3) is 2.18. The molecular formula is C14H11N3O3. The third-order valence-electron chi connectivity index (χ3n) is 2.99. The van der Waals surface area contributed by atoms with Gasteiger partial charge in [-0.1, -0.05) is 6.07 Å². The summed E-state index contributed by atoms with van der Waals surface area (Å²) in [4.78, 5) is 27.0. The number of carbonyl (C=O) groups is 1. The van der Waals surface area contributed by atoms with Crippen LogP contribution in [0.5, 0.6) is 0 Å². The van der Waals surface area contributed by atoms with E-state index in [9.17, 15) is 9.59 Å². The third-order valence-corrected chi connectivity index (χ3v) is 2.99. The minimum absolute atomic E-state index is 0.0127. The van der Waals surface area contributed by atoms with Crippen LogP contribution in [-0.4, -0.2) is 25.0 Å². The summed E-state index contributed by atoms with van der Waals surface area (Å²) in [6, 6.07) is 8.17. The Hall–Kier alpha value is -2.89. The number of hydrogen-bond acceptors (Lipinski definition) is 3. The van der Waals surface area contributed by atoms with Crippen LogP contribution in [0.3, 0.4) is 0 Å². The van der Waals surface area contributed by atoms with Crippen molar-refractivity contribution in [3.05, 3.63) is 70.5 Å². The van der Waals surface area contributed by atoms with Crippen LogP contribution >= 0.6 is 0 Å². The molecule has 0 aliphatic carbocycles. The van der Waals surface area contributed by atoms with E-state index in [4.69, 9.17) is 5.11 Å². The highest BCUT2D eigenvalue weighted by Gasteiger charge is 2.07. The van der Waals surface area contributed by atoms with Crippen molar-refractivity contribution >= 4 is 11.6 Å². The number of nitrogens with zero attached hydrogens (tertiary/aromatic N) is 3. The van der Waals surface area contributed by atoms with E-state index < -0.39 is 5.97 Å². The zero-order chi connectivity index (χ0) is 14.1. The fourth-order valence-electron chi connectivity index (χ4n) is 2.01. The van der Waals surface area contributed by atoms with Crippen LogP contribution in [-0.2, 0) is 6.54 Å². The minimum atomic E-state index is -1.11. The normalized spacial score (nSPS) is 10.8. The number of carboxylic acids is 1. The van der Waals surface area contributed by atoms with Gasteiger partial charge in [-0.25, -0.2) is 9.78 Å². The number of carboxylic acid groups (broad SMARTS) is 1. The number of aromatic carboxylic acids is 1. The van der Waals surface area contributed by atoms with Gasteiger partial charge in [0, 0.05) is 24.7 Å². The Labute approximate surface area is 113 Å². The van der Waals surface area contributed by atoms with Crippen LogP contribution < -0.4 is 5.56 Å². The lowest BCUT2D eigenvalue weighted by atomic mass is 10.2. The summed E-state index contributed by atoms with van der Waals surface area (Å²) in [6.45, 7) is 0.306. The molecule has 3 aromatic rings. The van der Waals surface area contributed by atoms with Crippen LogP contribution in [0.2, 0.25) is 0 Å². The van der Waals surface area contributed by atoms with E-state index in [1.807, 2.05) is 35.0 Å². The zero-order valence-electron chi connectivity index (χ0n) is 10.4. The topological polar surface area (TPSA) is 76.6 Å². The van der Waals surface area contributed by atoms with E-state index in [1.165, 1.54) is 16.8 Å². The molecule has 0 aromatic carbocycles. The minimum Gasteiger partial charge on any atom is -0.478 e. The highest BCUT2D eigenvalue weighted by atomic mass is 16.4. The monoisotopic (exact) mass is 269 g/mol. The Bertz CT molecular complexity index is 815. The van der Waals surface area contributed by atoms with Crippen LogP contribution in [0, 0.1) is 0 Å². The molecule has 20 heavy (non-hydrogen) atoms. The lowest BCUT2D eigenvalue weighted by Crippen LogP contribution is -2.20. The van der Waals surface area contributed by atoms with Crippen molar-refractivity contribution in [2.24, 2.45) is 0 Å². The molecule has 6 nitrogen and oxygen atoms in total. The van der Waals surface area contributed by atoms with E-state index in [-0.39, 0.29) is 11.1 Å². The van der Waals surface area contributed by atoms with Gasteiger partial charge < -0.3 is 14.1 Å². The standard InChI is InChI=1S/C14H11N3O3/c18-13-7-10(14(19)20)4-6-17(13)9-11-8-16-5-2-1-3-12(16)15-11/h1-8H,9H2,(H,19,20). The zero-order valence-corrected chi connectivity index (χ0v) is 10.4. The maximum Gasteiger partial charge on any atom is 0.335 e. The van der Waals surface area contributed by atoms with Gasteiger partial charge in [-0.3, -0.25) is 4.79 Å². The van der Waals surface area contributed by atoms with Crippen molar-refractivity contribution in [1.82, 2.24) is 14.0 Å². The van der Waals surface area contributed by atoms with Gasteiger partial charge in [-0.05, 0) is 18.2 Å². The molecule has 0 aliphatic heterocycles. The van der Waals surface area contributed by atoms with E-state index in [0.717, 1.165) is 17.4 Å². The highest BCUT2D eigenvalue weighted by Crippen LogP contribution is 2.05. The highest BCUT2D eigenvalue weighted by molar-refractivity contribution is 5.87. The number of rotatable bonds is 3. The average molecular weight is 269 g/mol. The van der Waals surface area contributed by atoms with Gasteiger partial charge in [0.25, 0.3) is 5.56 Å². The molecule has 100 valence electrons. The first-order valence-corrected chi connectivity index (χ1v) is 6.00. The van der Waals surface area contributed by atoms with Crippen LogP contribution in [0.15, 0.2) is 53.7 Å². The Kier molecular flexibility index (Phi) is 2.83. The number of pyridine rings is 2. The molecule has 0 atom stereocenters. The molecule has 3 rings (SSSR count). The number of imidazole rings is 1. The molecule has 3 heterocycles. The number of aromatic nitrogens is 3. The van der Waals surface area contributed by atoms with Gasteiger partial charge in [0.2, 0.25) is 0 Å². The summed E-state index contributed by atoms with van der Waals surface area (Å²) in [5, 5.41) is 8.82. The summed E-state index contributed by atoms with van der Waals surface area (Å²) in [6.07, 6.45) is 5.19. The van der Waals surface area contributed by atoms with E-state index >= 15 is 0 Å². The number of hydrogen-bond donors (Lipinski definition) is 1. The van der Waals surface area contributed by atoms with Crippen LogP contribution in [0.1, 0.15) is 16.1 Å². The largest absolute Gasteiger partial charge is 0.478 e. The molecule has 0 fully saturated rings. The molecule has 6 heteroatoms.